The Labute approximate surface area is 236 Å². The van der Waals surface area contributed by atoms with Gasteiger partial charge in [-0.3, -0.25) is 5.01 Å². The Bertz CT molecular complexity index is 2310. The monoisotopic (exact) mass is 524 g/mol. The van der Waals surface area contributed by atoms with E-state index >= 15 is 0 Å². The van der Waals surface area contributed by atoms with Crippen molar-refractivity contribution in [2.24, 2.45) is 0 Å². The summed E-state index contributed by atoms with van der Waals surface area (Å²) in [6.45, 7) is 0. The molecule has 0 atom stereocenters. The predicted octanol–water partition coefficient (Wildman–Crippen LogP) is 9.21. The highest BCUT2D eigenvalue weighted by atomic mass is 15.6. The second kappa shape index (κ2) is 8.44. The molecule has 1 aliphatic heterocycles. The molecule has 4 nitrogen and oxygen atoms in total. The van der Waals surface area contributed by atoms with E-state index in [2.05, 4.69) is 154 Å². The molecular weight excluding hydrogens is 500 g/mol. The highest BCUT2D eigenvalue weighted by Gasteiger charge is 2.25. The normalized spacial score (nSPS) is 12.7. The minimum absolute atomic E-state index is 0.915. The predicted molar refractivity (Wildman–Crippen MR) is 170 cm³/mol. The zero-order valence-electron chi connectivity index (χ0n) is 22.1. The van der Waals surface area contributed by atoms with Crippen LogP contribution in [0.2, 0.25) is 0 Å². The molecule has 41 heavy (non-hydrogen) atoms. The van der Waals surface area contributed by atoms with E-state index in [1.165, 1.54) is 43.8 Å². The van der Waals surface area contributed by atoms with E-state index in [4.69, 9.17) is 4.98 Å². The number of para-hydroxylation sites is 4. The topological polar surface area (TPSA) is 26.0 Å². The van der Waals surface area contributed by atoms with Crippen LogP contribution in [0, 0.1) is 0 Å². The maximum absolute atomic E-state index is 5.09. The van der Waals surface area contributed by atoms with Gasteiger partial charge >= 0.3 is 0 Å². The zero-order valence-corrected chi connectivity index (χ0v) is 22.1. The third-order valence-corrected chi connectivity index (χ3v) is 8.24. The number of hydrogen-bond acceptors (Lipinski definition) is 2. The molecule has 0 amide bonds. The van der Waals surface area contributed by atoms with Gasteiger partial charge in [-0.2, -0.15) is 0 Å². The van der Waals surface area contributed by atoms with Gasteiger partial charge in [-0.25, -0.2) is 9.66 Å². The largest absolute Gasteiger partial charge is 0.309 e. The first-order chi connectivity index (χ1) is 20.4. The van der Waals surface area contributed by atoms with Crippen molar-refractivity contribution in [2.75, 3.05) is 5.01 Å². The quantitative estimate of drug-likeness (QED) is 0.230. The highest BCUT2D eigenvalue weighted by Crippen LogP contribution is 2.44. The fourth-order valence-corrected chi connectivity index (χ4v) is 6.54. The molecular formula is C37H24N4. The van der Waals surface area contributed by atoms with Gasteiger partial charge < -0.3 is 4.57 Å². The number of hydrogen-bond donors (Lipinski definition) is 0. The van der Waals surface area contributed by atoms with E-state index in [-0.39, 0.29) is 0 Å². The van der Waals surface area contributed by atoms with E-state index in [0.717, 1.165) is 28.1 Å². The lowest BCUT2D eigenvalue weighted by molar-refractivity contribution is 0.848. The number of imidazole rings is 1. The van der Waals surface area contributed by atoms with E-state index in [1.807, 2.05) is 6.07 Å². The Hall–Kier alpha value is -5.61. The molecule has 0 spiro atoms. The summed E-state index contributed by atoms with van der Waals surface area (Å²) in [5, 5.41) is 7.25. The van der Waals surface area contributed by atoms with Gasteiger partial charge in [0.2, 0.25) is 0 Å². The molecule has 0 aliphatic carbocycles. The molecule has 9 rings (SSSR count). The molecule has 1 aliphatic rings. The molecule has 0 bridgehead atoms. The summed E-state index contributed by atoms with van der Waals surface area (Å²) in [5.41, 5.74) is 9.10. The van der Waals surface area contributed by atoms with Crippen molar-refractivity contribution in [1.29, 1.82) is 0 Å². The smallest absolute Gasteiger partial charge is 0.160 e. The van der Waals surface area contributed by atoms with Gasteiger partial charge in [0.25, 0.3) is 0 Å². The zero-order chi connectivity index (χ0) is 26.9. The van der Waals surface area contributed by atoms with Crippen LogP contribution in [0.3, 0.4) is 0 Å². The summed E-state index contributed by atoms with van der Waals surface area (Å²) in [6, 6.07) is 47.2. The third kappa shape index (κ3) is 3.13. The Morgan fingerprint density at radius 1 is 0.561 bits per heavy atom. The summed E-state index contributed by atoms with van der Waals surface area (Å²) in [7, 11) is 0. The molecule has 8 aromatic rings. The molecule has 0 fully saturated rings. The van der Waals surface area contributed by atoms with Crippen LogP contribution in [0.15, 0.2) is 140 Å². The van der Waals surface area contributed by atoms with Gasteiger partial charge in [0.15, 0.2) is 5.82 Å². The van der Waals surface area contributed by atoms with Crippen molar-refractivity contribution < 1.29 is 0 Å². The second-order valence-corrected chi connectivity index (χ2v) is 10.5. The average Bonchev–Trinajstić information content (AvgIpc) is 3.58. The molecule has 4 heteroatoms. The van der Waals surface area contributed by atoms with Gasteiger partial charge in [-0.1, -0.05) is 91.0 Å². The van der Waals surface area contributed by atoms with Crippen LogP contribution in [0.5, 0.6) is 0 Å². The van der Waals surface area contributed by atoms with Crippen molar-refractivity contribution >= 4 is 55.4 Å². The first kappa shape index (κ1) is 22.2. The SMILES string of the molecule is C1=CN(n2c(-c3ccccc3)nc3ccccc32)c2cccc3cc4c(c1c23)c1ccccc1n4-c1ccccc1. The number of fused-ring (bicyclic) bond motifs is 5. The summed E-state index contributed by atoms with van der Waals surface area (Å²) in [4.78, 5) is 5.09. The maximum atomic E-state index is 5.09. The average molecular weight is 525 g/mol. The van der Waals surface area contributed by atoms with Gasteiger partial charge in [-0.15, -0.1) is 0 Å². The van der Waals surface area contributed by atoms with Crippen molar-refractivity contribution in [3.05, 3.63) is 145 Å². The Kier molecular flexibility index (Phi) is 4.58. The van der Waals surface area contributed by atoms with Crippen LogP contribution in [0.4, 0.5) is 5.69 Å². The van der Waals surface area contributed by atoms with Crippen molar-refractivity contribution in [3.63, 3.8) is 0 Å². The molecule has 3 heterocycles. The number of aromatic nitrogens is 3. The molecule has 6 aromatic carbocycles. The van der Waals surface area contributed by atoms with Crippen LogP contribution in [-0.4, -0.2) is 14.2 Å². The lowest BCUT2D eigenvalue weighted by Gasteiger charge is -2.29. The number of benzene rings is 6. The van der Waals surface area contributed by atoms with Crippen LogP contribution >= 0.6 is 0 Å². The fourth-order valence-electron chi connectivity index (χ4n) is 6.54. The van der Waals surface area contributed by atoms with Crippen LogP contribution in [-0.2, 0) is 0 Å². The lowest BCUT2D eigenvalue weighted by Crippen LogP contribution is -2.26. The van der Waals surface area contributed by atoms with Crippen molar-refractivity contribution in [3.8, 4) is 17.1 Å². The van der Waals surface area contributed by atoms with Gasteiger partial charge in [0.1, 0.15) is 0 Å². The van der Waals surface area contributed by atoms with Crippen molar-refractivity contribution in [2.45, 2.75) is 0 Å². The fraction of sp³-hybridized carbons (Fsp3) is 0. The molecule has 0 N–H and O–H groups in total. The van der Waals surface area contributed by atoms with Crippen LogP contribution in [0.1, 0.15) is 5.56 Å². The maximum Gasteiger partial charge on any atom is 0.160 e. The third-order valence-electron chi connectivity index (χ3n) is 8.24. The van der Waals surface area contributed by atoms with Crippen molar-refractivity contribution in [1.82, 2.24) is 14.2 Å². The van der Waals surface area contributed by atoms with E-state index in [1.54, 1.807) is 0 Å². The lowest BCUT2D eigenvalue weighted by atomic mass is 9.95. The minimum Gasteiger partial charge on any atom is -0.309 e. The number of nitrogens with zero attached hydrogens (tertiary/aromatic N) is 4. The van der Waals surface area contributed by atoms with Gasteiger partial charge in [0.05, 0.1) is 27.8 Å². The number of rotatable bonds is 3. The molecule has 0 radical (unpaired) electrons. The minimum atomic E-state index is 0.915. The summed E-state index contributed by atoms with van der Waals surface area (Å²) >= 11 is 0. The first-order valence-corrected chi connectivity index (χ1v) is 13.9. The van der Waals surface area contributed by atoms with E-state index in [9.17, 15) is 0 Å². The molecule has 0 unspecified atom stereocenters. The Balaban J connectivity index is 1.37. The van der Waals surface area contributed by atoms with Crippen LogP contribution in [0.25, 0.3) is 66.8 Å². The van der Waals surface area contributed by atoms with Gasteiger partial charge in [0, 0.05) is 33.6 Å². The van der Waals surface area contributed by atoms with E-state index in [0.29, 0.717) is 0 Å². The molecule has 2 aromatic heterocycles. The summed E-state index contributed by atoms with van der Waals surface area (Å²) in [6.07, 6.45) is 4.48. The standard InChI is InChI=1S/C37H24N4/c1-3-12-25(13-4-1)37-38-30-18-8-10-20-32(30)41(37)39-23-22-29-35-26(14-11-21-33(35)39)24-34-36(29)28-17-7-9-19-31(28)40(34)27-15-5-2-6-16-27/h1-24H. The van der Waals surface area contributed by atoms with Crippen LogP contribution < -0.4 is 5.01 Å². The number of anilines is 1. The van der Waals surface area contributed by atoms with Gasteiger partial charge in [-0.05, 0) is 59.5 Å². The Morgan fingerprint density at radius 3 is 2.15 bits per heavy atom. The molecule has 0 saturated carbocycles. The first-order valence-electron chi connectivity index (χ1n) is 13.9. The molecule has 0 saturated heterocycles. The van der Waals surface area contributed by atoms with E-state index < -0.39 is 0 Å². The summed E-state index contributed by atoms with van der Waals surface area (Å²) in [5.74, 6) is 0.915. The highest BCUT2D eigenvalue weighted by molar-refractivity contribution is 6.21. The molecule has 192 valence electrons. The Morgan fingerprint density at radius 2 is 1.29 bits per heavy atom. The second-order valence-electron chi connectivity index (χ2n) is 10.5. The summed E-state index contributed by atoms with van der Waals surface area (Å²) < 4.78 is 4.64.